The van der Waals surface area contributed by atoms with E-state index in [-0.39, 0.29) is 6.42 Å². The van der Waals surface area contributed by atoms with Gasteiger partial charge < -0.3 is 5.11 Å². The molecule has 0 heterocycles. The van der Waals surface area contributed by atoms with Crippen molar-refractivity contribution >= 4 is 0 Å². The molecule has 14 heavy (non-hydrogen) atoms. The Balaban J connectivity index is 2.36. The number of aliphatic hydroxyl groups is 1. The van der Waals surface area contributed by atoms with Gasteiger partial charge in [0.25, 0.3) is 5.92 Å². The Bertz CT molecular complexity index is 345. The number of aryl methyl sites for hydroxylation is 1. The normalized spacial score (nSPS) is 28.9. The maximum absolute atomic E-state index is 13.1. The smallest absolute Gasteiger partial charge is 0.261 e. The average molecular weight is 198 g/mol. The minimum Gasteiger partial charge on any atom is -0.395 e. The van der Waals surface area contributed by atoms with Gasteiger partial charge in [0.2, 0.25) is 0 Å². The van der Waals surface area contributed by atoms with E-state index >= 15 is 0 Å². The van der Waals surface area contributed by atoms with E-state index in [1.54, 1.807) is 24.3 Å². The van der Waals surface area contributed by atoms with Gasteiger partial charge in [-0.1, -0.05) is 29.8 Å². The molecule has 1 saturated carbocycles. The monoisotopic (exact) mass is 198 g/mol. The molecule has 0 saturated heterocycles. The van der Waals surface area contributed by atoms with Crippen LogP contribution in [0, 0.1) is 6.92 Å². The maximum atomic E-state index is 13.1. The van der Waals surface area contributed by atoms with Crippen molar-refractivity contribution < 1.29 is 13.9 Å². The number of benzene rings is 1. The van der Waals surface area contributed by atoms with Crippen molar-refractivity contribution in [2.24, 2.45) is 0 Å². The first-order valence-electron chi connectivity index (χ1n) is 4.58. The maximum Gasteiger partial charge on any atom is 0.261 e. The van der Waals surface area contributed by atoms with Crippen LogP contribution < -0.4 is 0 Å². The molecule has 1 aromatic carbocycles. The molecule has 1 atom stereocenters. The van der Waals surface area contributed by atoms with E-state index in [0.717, 1.165) is 5.56 Å². The highest BCUT2D eigenvalue weighted by Gasteiger charge is 2.71. The second-order valence-corrected chi connectivity index (χ2v) is 3.99. The highest BCUT2D eigenvalue weighted by atomic mass is 19.3. The molecular formula is C11H12F2O. The van der Waals surface area contributed by atoms with Gasteiger partial charge in [-0.25, -0.2) is 8.78 Å². The van der Waals surface area contributed by atoms with Crippen LogP contribution in [0.25, 0.3) is 0 Å². The lowest BCUT2D eigenvalue weighted by Crippen LogP contribution is -2.20. The summed E-state index contributed by atoms with van der Waals surface area (Å²) in [5, 5.41) is 9.03. The van der Waals surface area contributed by atoms with Crippen LogP contribution >= 0.6 is 0 Å². The van der Waals surface area contributed by atoms with E-state index in [1.165, 1.54) is 0 Å². The summed E-state index contributed by atoms with van der Waals surface area (Å²) in [4.78, 5) is 0. The van der Waals surface area contributed by atoms with E-state index in [2.05, 4.69) is 0 Å². The average Bonchev–Trinajstić information content (AvgIpc) is 2.71. The molecule has 0 radical (unpaired) electrons. The number of hydrogen-bond acceptors (Lipinski definition) is 1. The Morgan fingerprint density at radius 3 is 2.14 bits per heavy atom. The lowest BCUT2D eigenvalue weighted by Gasteiger charge is -2.13. The van der Waals surface area contributed by atoms with Gasteiger partial charge in [0.15, 0.2) is 0 Å². The Kier molecular flexibility index (Phi) is 1.89. The van der Waals surface area contributed by atoms with E-state index in [4.69, 9.17) is 5.11 Å². The van der Waals surface area contributed by atoms with E-state index in [9.17, 15) is 8.78 Å². The van der Waals surface area contributed by atoms with Crippen LogP contribution in [-0.2, 0) is 5.41 Å². The van der Waals surface area contributed by atoms with Crippen molar-refractivity contribution in [3.05, 3.63) is 35.4 Å². The van der Waals surface area contributed by atoms with Gasteiger partial charge in [-0.2, -0.15) is 0 Å². The zero-order valence-electron chi connectivity index (χ0n) is 7.93. The van der Waals surface area contributed by atoms with Crippen LogP contribution in [0.1, 0.15) is 17.5 Å². The predicted octanol–water partition coefficient (Wildman–Crippen LogP) is 2.26. The summed E-state index contributed by atoms with van der Waals surface area (Å²) >= 11 is 0. The number of alkyl halides is 2. The van der Waals surface area contributed by atoms with Gasteiger partial charge in [-0.05, 0) is 12.5 Å². The molecule has 0 spiro atoms. The number of hydrogen-bond donors (Lipinski definition) is 1. The van der Waals surface area contributed by atoms with Gasteiger partial charge >= 0.3 is 0 Å². The Morgan fingerprint density at radius 1 is 1.29 bits per heavy atom. The molecule has 0 bridgehead atoms. The topological polar surface area (TPSA) is 20.2 Å². The lowest BCUT2D eigenvalue weighted by molar-refractivity contribution is 0.0673. The molecule has 0 aliphatic heterocycles. The number of rotatable bonds is 2. The molecule has 0 amide bonds. The summed E-state index contributed by atoms with van der Waals surface area (Å²) in [5.41, 5.74) is 0.266. The van der Waals surface area contributed by atoms with Crippen LogP contribution in [0.2, 0.25) is 0 Å². The predicted molar refractivity (Wildman–Crippen MR) is 49.5 cm³/mol. The Hall–Kier alpha value is -0.960. The summed E-state index contributed by atoms with van der Waals surface area (Å²) in [6.45, 7) is 1.42. The first-order chi connectivity index (χ1) is 6.52. The van der Waals surface area contributed by atoms with Crippen LogP contribution in [-0.4, -0.2) is 17.6 Å². The van der Waals surface area contributed by atoms with Gasteiger partial charge in [-0.15, -0.1) is 0 Å². The second-order valence-electron chi connectivity index (χ2n) is 3.99. The molecule has 0 aromatic heterocycles. The number of halogens is 2. The summed E-state index contributed by atoms with van der Waals surface area (Å²) in [7, 11) is 0. The van der Waals surface area contributed by atoms with Crippen LogP contribution in [0.4, 0.5) is 8.78 Å². The number of aliphatic hydroxyl groups excluding tert-OH is 1. The van der Waals surface area contributed by atoms with Crippen LogP contribution in [0.3, 0.4) is 0 Å². The molecule has 1 aromatic rings. The third-order valence-corrected chi connectivity index (χ3v) is 2.97. The van der Waals surface area contributed by atoms with Gasteiger partial charge in [0.05, 0.1) is 12.0 Å². The van der Waals surface area contributed by atoms with Crippen molar-refractivity contribution in [2.75, 3.05) is 6.61 Å². The van der Waals surface area contributed by atoms with E-state index in [1.807, 2.05) is 6.92 Å². The van der Waals surface area contributed by atoms with Gasteiger partial charge in [-0.3, -0.25) is 0 Å². The molecule has 1 unspecified atom stereocenters. The quantitative estimate of drug-likeness (QED) is 0.772. The van der Waals surface area contributed by atoms with Gasteiger partial charge in [0.1, 0.15) is 0 Å². The van der Waals surface area contributed by atoms with E-state index < -0.39 is 17.9 Å². The fourth-order valence-corrected chi connectivity index (χ4v) is 1.78. The molecule has 1 N–H and O–H groups in total. The largest absolute Gasteiger partial charge is 0.395 e. The summed E-state index contributed by atoms with van der Waals surface area (Å²) in [6.07, 6.45) is -0.237. The molecule has 1 aliphatic rings. The molecule has 2 rings (SSSR count). The van der Waals surface area contributed by atoms with Crippen LogP contribution in [0.5, 0.6) is 0 Å². The van der Waals surface area contributed by atoms with Crippen molar-refractivity contribution in [2.45, 2.75) is 24.7 Å². The third-order valence-electron chi connectivity index (χ3n) is 2.97. The summed E-state index contributed by atoms with van der Waals surface area (Å²) < 4.78 is 26.2. The summed E-state index contributed by atoms with van der Waals surface area (Å²) in [5.74, 6) is -2.74. The minimum absolute atomic E-state index is 0.237. The fourth-order valence-electron chi connectivity index (χ4n) is 1.78. The molecule has 1 nitrogen and oxygen atoms in total. The fraction of sp³-hybridized carbons (Fsp3) is 0.455. The van der Waals surface area contributed by atoms with Crippen molar-refractivity contribution in [1.29, 1.82) is 0 Å². The molecule has 1 fully saturated rings. The SMILES string of the molecule is Cc1ccc(C2(CO)CC2(F)F)cc1. The van der Waals surface area contributed by atoms with Gasteiger partial charge in [0, 0.05) is 6.42 Å². The lowest BCUT2D eigenvalue weighted by atomic mass is 9.95. The molecule has 1 aliphatic carbocycles. The molecular weight excluding hydrogens is 186 g/mol. The Morgan fingerprint density at radius 2 is 1.79 bits per heavy atom. The second kappa shape index (κ2) is 2.76. The van der Waals surface area contributed by atoms with Crippen molar-refractivity contribution in [3.63, 3.8) is 0 Å². The van der Waals surface area contributed by atoms with E-state index in [0.29, 0.717) is 5.56 Å². The van der Waals surface area contributed by atoms with Crippen LogP contribution in [0.15, 0.2) is 24.3 Å². The summed E-state index contributed by atoms with van der Waals surface area (Å²) in [6, 6.07) is 6.93. The highest BCUT2D eigenvalue weighted by molar-refractivity contribution is 5.39. The Labute approximate surface area is 81.4 Å². The standard InChI is InChI=1S/C11H12F2O/c1-8-2-4-9(5-3-8)10(7-14)6-11(10,12)13/h2-5,14H,6-7H2,1H3. The zero-order chi connectivity index (χ0) is 10.4. The van der Waals surface area contributed by atoms with Crippen molar-refractivity contribution in [3.8, 4) is 0 Å². The zero-order valence-corrected chi connectivity index (χ0v) is 7.93. The first kappa shape index (κ1) is 9.59. The molecule has 76 valence electrons. The first-order valence-corrected chi connectivity index (χ1v) is 4.58. The highest BCUT2D eigenvalue weighted by Crippen LogP contribution is 2.61. The minimum atomic E-state index is -2.74. The van der Waals surface area contributed by atoms with Crippen molar-refractivity contribution in [1.82, 2.24) is 0 Å². The molecule has 3 heteroatoms. The third kappa shape index (κ3) is 1.16.